The molecule has 2 N–H and O–H groups in total. The van der Waals surface area contributed by atoms with Crippen LogP contribution in [-0.2, 0) is 11.3 Å². The van der Waals surface area contributed by atoms with Crippen molar-refractivity contribution in [3.05, 3.63) is 34.7 Å². The second-order valence-electron chi connectivity index (χ2n) is 7.27. The van der Waals surface area contributed by atoms with Gasteiger partial charge < -0.3 is 20.3 Å². The number of aromatic nitrogens is 1. The number of benzene rings is 1. The van der Waals surface area contributed by atoms with Crippen molar-refractivity contribution in [2.75, 3.05) is 31.1 Å². The molecule has 1 amide bonds. The lowest BCUT2D eigenvalue weighted by atomic mass is 10.1. The lowest BCUT2D eigenvalue weighted by molar-refractivity contribution is 0.0523. The minimum absolute atomic E-state index is 0.373. The van der Waals surface area contributed by atoms with Crippen LogP contribution in [0.3, 0.4) is 0 Å². The number of anilines is 1. The summed E-state index contributed by atoms with van der Waals surface area (Å²) in [5, 5.41) is 8.99. The molecule has 0 unspecified atom stereocenters. The SMILES string of the molecule is CC(C)(C)OC(=O)NCc1nc(-c2ccc(N3CCNCC3)cc2)cs1. The van der Waals surface area contributed by atoms with Crippen LogP contribution in [0.1, 0.15) is 25.8 Å². The Kier molecular flexibility index (Phi) is 5.78. The Labute approximate surface area is 158 Å². The second-order valence-corrected chi connectivity index (χ2v) is 8.21. The minimum atomic E-state index is -0.496. The molecule has 2 heterocycles. The van der Waals surface area contributed by atoms with Gasteiger partial charge in [-0.2, -0.15) is 0 Å². The fourth-order valence-electron chi connectivity index (χ4n) is 2.75. The predicted octanol–water partition coefficient (Wildman–Crippen LogP) is 3.24. The van der Waals surface area contributed by atoms with Crippen LogP contribution in [0.25, 0.3) is 11.3 Å². The summed E-state index contributed by atoms with van der Waals surface area (Å²) in [6.07, 6.45) is -0.422. The third-order valence-corrected chi connectivity index (χ3v) is 4.83. The average molecular weight is 375 g/mol. The Morgan fingerprint density at radius 2 is 1.96 bits per heavy atom. The molecule has 0 aliphatic carbocycles. The summed E-state index contributed by atoms with van der Waals surface area (Å²) in [7, 11) is 0. The molecule has 1 aromatic heterocycles. The van der Waals surface area contributed by atoms with E-state index in [4.69, 9.17) is 4.74 Å². The highest BCUT2D eigenvalue weighted by atomic mass is 32.1. The van der Waals surface area contributed by atoms with Gasteiger partial charge in [-0.15, -0.1) is 11.3 Å². The average Bonchev–Trinajstić information content (AvgIpc) is 3.08. The number of hydrogen-bond donors (Lipinski definition) is 2. The van der Waals surface area contributed by atoms with E-state index in [1.54, 1.807) is 0 Å². The van der Waals surface area contributed by atoms with Crippen LogP contribution in [0.4, 0.5) is 10.5 Å². The maximum atomic E-state index is 11.7. The summed E-state index contributed by atoms with van der Waals surface area (Å²) in [5.41, 5.74) is 2.77. The topological polar surface area (TPSA) is 66.5 Å². The van der Waals surface area contributed by atoms with Crippen molar-refractivity contribution in [1.82, 2.24) is 15.6 Å². The minimum Gasteiger partial charge on any atom is -0.444 e. The molecule has 1 aromatic carbocycles. The van der Waals surface area contributed by atoms with Crippen molar-refractivity contribution in [1.29, 1.82) is 0 Å². The van der Waals surface area contributed by atoms with Crippen LogP contribution in [0, 0.1) is 0 Å². The first-order chi connectivity index (χ1) is 12.4. The summed E-state index contributed by atoms with van der Waals surface area (Å²) in [5.74, 6) is 0. The Morgan fingerprint density at radius 1 is 1.27 bits per heavy atom. The van der Waals surface area contributed by atoms with Crippen LogP contribution in [0.2, 0.25) is 0 Å². The van der Waals surface area contributed by atoms with E-state index < -0.39 is 11.7 Å². The molecule has 6 nitrogen and oxygen atoms in total. The molecule has 0 saturated carbocycles. The monoisotopic (exact) mass is 374 g/mol. The molecule has 140 valence electrons. The van der Waals surface area contributed by atoms with Crippen molar-refractivity contribution in [2.45, 2.75) is 32.9 Å². The summed E-state index contributed by atoms with van der Waals surface area (Å²) in [4.78, 5) is 18.7. The number of nitrogens with zero attached hydrogens (tertiary/aromatic N) is 2. The number of ether oxygens (including phenoxy) is 1. The van der Waals surface area contributed by atoms with Crippen LogP contribution in [0.5, 0.6) is 0 Å². The number of amides is 1. The number of alkyl carbamates (subject to hydrolysis) is 1. The van der Waals surface area contributed by atoms with E-state index in [0.29, 0.717) is 6.54 Å². The van der Waals surface area contributed by atoms with Crippen LogP contribution in [-0.4, -0.2) is 42.9 Å². The van der Waals surface area contributed by atoms with Crippen LogP contribution < -0.4 is 15.5 Å². The number of carbonyl (C=O) groups excluding carboxylic acids is 1. The molecule has 3 rings (SSSR count). The fourth-order valence-corrected chi connectivity index (χ4v) is 3.50. The second kappa shape index (κ2) is 8.05. The lowest BCUT2D eigenvalue weighted by Gasteiger charge is -2.29. The molecule has 1 aliphatic rings. The molecule has 26 heavy (non-hydrogen) atoms. The molecule has 0 spiro atoms. The molecular formula is C19H26N4O2S. The van der Waals surface area contributed by atoms with E-state index in [0.717, 1.165) is 42.4 Å². The maximum Gasteiger partial charge on any atom is 0.408 e. The van der Waals surface area contributed by atoms with Crippen molar-refractivity contribution in [3.8, 4) is 11.3 Å². The van der Waals surface area contributed by atoms with Gasteiger partial charge in [0.1, 0.15) is 10.6 Å². The Balaban J connectivity index is 1.58. The lowest BCUT2D eigenvalue weighted by Crippen LogP contribution is -2.43. The summed E-state index contributed by atoms with van der Waals surface area (Å²) in [6.45, 7) is 10.0. The van der Waals surface area contributed by atoms with Crippen molar-refractivity contribution >= 4 is 23.1 Å². The van der Waals surface area contributed by atoms with Gasteiger partial charge in [-0.05, 0) is 32.9 Å². The molecule has 1 saturated heterocycles. The zero-order valence-electron chi connectivity index (χ0n) is 15.5. The van der Waals surface area contributed by atoms with E-state index in [-0.39, 0.29) is 0 Å². The van der Waals surface area contributed by atoms with Gasteiger partial charge in [-0.25, -0.2) is 9.78 Å². The number of piperazine rings is 1. The number of hydrogen-bond acceptors (Lipinski definition) is 6. The standard InChI is InChI=1S/C19H26N4O2S/c1-19(2,3)25-18(24)21-12-17-22-16(13-26-17)14-4-6-15(7-5-14)23-10-8-20-9-11-23/h4-7,13,20H,8-12H2,1-3H3,(H,21,24). The van der Waals surface area contributed by atoms with Crippen molar-refractivity contribution in [2.24, 2.45) is 0 Å². The maximum absolute atomic E-state index is 11.7. The third kappa shape index (κ3) is 5.19. The van der Waals surface area contributed by atoms with Crippen LogP contribution >= 0.6 is 11.3 Å². The van der Waals surface area contributed by atoms with Gasteiger partial charge in [0.15, 0.2) is 0 Å². The molecular weight excluding hydrogens is 348 g/mol. The quantitative estimate of drug-likeness (QED) is 0.860. The van der Waals surface area contributed by atoms with Gasteiger partial charge in [0.05, 0.1) is 12.2 Å². The number of rotatable bonds is 4. The summed E-state index contributed by atoms with van der Waals surface area (Å²) in [6, 6.07) is 8.52. The summed E-state index contributed by atoms with van der Waals surface area (Å²) >= 11 is 1.54. The molecule has 7 heteroatoms. The highest BCUT2D eigenvalue weighted by Gasteiger charge is 2.16. The normalized spacial score (nSPS) is 15.0. The zero-order chi connectivity index (χ0) is 18.6. The number of nitrogens with one attached hydrogen (secondary N) is 2. The van der Waals surface area contributed by atoms with Crippen molar-refractivity contribution in [3.63, 3.8) is 0 Å². The highest BCUT2D eigenvalue weighted by Crippen LogP contribution is 2.25. The molecule has 0 radical (unpaired) electrons. The zero-order valence-corrected chi connectivity index (χ0v) is 16.4. The molecule has 0 bridgehead atoms. The molecule has 0 atom stereocenters. The number of carbonyl (C=O) groups is 1. The molecule has 2 aromatic rings. The van der Waals surface area contributed by atoms with E-state index in [1.165, 1.54) is 17.0 Å². The first-order valence-corrected chi connectivity index (χ1v) is 9.76. The molecule has 1 fully saturated rings. The van der Waals surface area contributed by atoms with E-state index >= 15 is 0 Å². The third-order valence-electron chi connectivity index (χ3n) is 3.98. The Bertz CT molecular complexity index is 731. The van der Waals surface area contributed by atoms with Gasteiger partial charge >= 0.3 is 6.09 Å². The first-order valence-electron chi connectivity index (χ1n) is 8.88. The molecule has 1 aliphatic heterocycles. The van der Waals surface area contributed by atoms with E-state index in [9.17, 15) is 4.79 Å². The first kappa shape index (κ1) is 18.7. The Hall–Kier alpha value is -2.12. The Morgan fingerprint density at radius 3 is 2.62 bits per heavy atom. The smallest absolute Gasteiger partial charge is 0.408 e. The fraction of sp³-hybridized carbons (Fsp3) is 0.474. The van der Waals surface area contributed by atoms with Gasteiger partial charge in [-0.3, -0.25) is 0 Å². The van der Waals surface area contributed by atoms with Gasteiger partial charge in [0, 0.05) is 42.8 Å². The van der Waals surface area contributed by atoms with Crippen LogP contribution in [0.15, 0.2) is 29.6 Å². The largest absolute Gasteiger partial charge is 0.444 e. The van der Waals surface area contributed by atoms with Gasteiger partial charge in [0.2, 0.25) is 0 Å². The van der Waals surface area contributed by atoms with Crippen molar-refractivity contribution < 1.29 is 9.53 Å². The van der Waals surface area contributed by atoms with E-state index in [1.807, 2.05) is 26.2 Å². The number of thiazole rings is 1. The summed E-state index contributed by atoms with van der Waals surface area (Å²) < 4.78 is 5.24. The van der Waals surface area contributed by atoms with Gasteiger partial charge in [0.25, 0.3) is 0 Å². The van der Waals surface area contributed by atoms with Gasteiger partial charge in [-0.1, -0.05) is 12.1 Å². The highest BCUT2D eigenvalue weighted by molar-refractivity contribution is 7.09. The van der Waals surface area contributed by atoms with E-state index in [2.05, 4.69) is 44.8 Å². The predicted molar refractivity (Wildman–Crippen MR) is 106 cm³/mol.